The maximum Gasteiger partial charge on any atom is 0.513 e. The molecule has 100 valence electrons. The number of hydrogen-bond acceptors (Lipinski definition) is 5. The van der Waals surface area contributed by atoms with Crippen molar-refractivity contribution in [1.29, 1.82) is 10.5 Å². The van der Waals surface area contributed by atoms with Gasteiger partial charge in [-0.15, -0.1) is 0 Å². The number of carbonyl (C=O) groups is 1. The van der Waals surface area contributed by atoms with Crippen LogP contribution in [0.5, 0.6) is 0 Å². The van der Waals surface area contributed by atoms with E-state index in [2.05, 4.69) is 9.47 Å². The highest BCUT2D eigenvalue weighted by atomic mass is 19.2. The Bertz CT molecular complexity index is 295. The van der Waals surface area contributed by atoms with Crippen molar-refractivity contribution in [3.05, 3.63) is 0 Å². The fourth-order valence-corrected chi connectivity index (χ4v) is 1.04. The van der Waals surface area contributed by atoms with Gasteiger partial charge in [-0.1, -0.05) is 0 Å². The summed E-state index contributed by atoms with van der Waals surface area (Å²) < 4.78 is 34.1. The van der Waals surface area contributed by atoms with Gasteiger partial charge in [0, 0.05) is 25.7 Å². The highest BCUT2D eigenvalue weighted by Gasteiger charge is 2.18. The Balaban J connectivity index is 3.69. The molecule has 0 aromatic carbocycles. The van der Waals surface area contributed by atoms with Crippen LogP contribution < -0.4 is 0 Å². The molecule has 0 aromatic rings. The molecule has 0 bridgehead atoms. The van der Waals surface area contributed by atoms with Gasteiger partial charge in [-0.3, -0.25) is 0 Å². The Hall–Kier alpha value is -1.89. The number of nitriles is 2. The molecule has 7 heteroatoms. The average Bonchev–Trinajstić information content (AvgIpc) is 2.29. The number of rotatable bonds is 8. The molecule has 0 aliphatic carbocycles. The van der Waals surface area contributed by atoms with Crippen molar-refractivity contribution in [2.75, 3.05) is 0 Å². The van der Waals surface area contributed by atoms with Gasteiger partial charge in [0.2, 0.25) is 12.7 Å². The van der Waals surface area contributed by atoms with Gasteiger partial charge in [0.25, 0.3) is 0 Å². The predicted octanol–water partition coefficient (Wildman–Crippen LogP) is 3.12. The normalized spacial score (nSPS) is 12.9. The molecule has 0 aliphatic heterocycles. The Morgan fingerprint density at radius 1 is 1.00 bits per heavy atom. The number of carbonyl (C=O) groups excluding carboxylic acids is 1. The minimum Gasteiger partial charge on any atom is -0.400 e. The molecular weight excluding hydrogens is 246 g/mol. The Kier molecular flexibility index (Phi) is 9.20. The van der Waals surface area contributed by atoms with E-state index in [1.807, 2.05) is 12.1 Å². The van der Waals surface area contributed by atoms with Crippen LogP contribution in [0.2, 0.25) is 0 Å². The lowest BCUT2D eigenvalue weighted by atomic mass is 10.2. The summed E-state index contributed by atoms with van der Waals surface area (Å²) in [6, 6.07) is 3.63. The van der Waals surface area contributed by atoms with E-state index < -0.39 is 18.9 Å². The fraction of sp³-hybridized carbons (Fsp3) is 0.727. The van der Waals surface area contributed by atoms with Crippen LogP contribution in [0.1, 0.15) is 38.5 Å². The maximum atomic E-state index is 12.9. The third-order valence-electron chi connectivity index (χ3n) is 1.89. The van der Waals surface area contributed by atoms with E-state index in [0.717, 1.165) is 0 Å². The molecule has 5 nitrogen and oxygen atoms in total. The van der Waals surface area contributed by atoms with Gasteiger partial charge < -0.3 is 9.47 Å². The van der Waals surface area contributed by atoms with Gasteiger partial charge in [-0.05, 0) is 12.8 Å². The van der Waals surface area contributed by atoms with Crippen molar-refractivity contribution in [2.24, 2.45) is 0 Å². The largest absolute Gasteiger partial charge is 0.513 e. The molecule has 0 saturated carbocycles. The highest BCUT2D eigenvalue weighted by molar-refractivity contribution is 5.60. The van der Waals surface area contributed by atoms with Gasteiger partial charge in [0.1, 0.15) is 0 Å². The molecular formula is C11H14F2N2O3. The zero-order valence-corrected chi connectivity index (χ0v) is 9.77. The first-order valence-corrected chi connectivity index (χ1v) is 5.49. The standard InChI is InChI=1S/C11H14F2N2O3/c12-9(5-1-3-7-14)17-11(16)18-10(13)6-2-4-8-15/h9-10H,1-6H2. The lowest BCUT2D eigenvalue weighted by molar-refractivity contribution is -0.0781. The summed E-state index contributed by atoms with van der Waals surface area (Å²) in [5, 5.41) is 16.4. The molecule has 2 unspecified atom stereocenters. The lowest BCUT2D eigenvalue weighted by Crippen LogP contribution is -2.19. The maximum absolute atomic E-state index is 12.9. The molecule has 0 spiro atoms. The number of unbranched alkanes of at least 4 members (excludes halogenated alkanes) is 2. The first kappa shape index (κ1) is 16.1. The Labute approximate surface area is 104 Å². The fourth-order valence-electron chi connectivity index (χ4n) is 1.04. The van der Waals surface area contributed by atoms with Crippen LogP contribution in [0.4, 0.5) is 13.6 Å². The van der Waals surface area contributed by atoms with Crippen LogP contribution in [0.15, 0.2) is 0 Å². The van der Waals surface area contributed by atoms with Crippen LogP contribution >= 0.6 is 0 Å². The van der Waals surface area contributed by atoms with E-state index in [4.69, 9.17) is 10.5 Å². The number of halogens is 2. The third kappa shape index (κ3) is 9.34. The van der Waals surface area contributed by atoms with E-state index in [-0.39, 0.29) is 38.5 Å². The second kappa shape index (κ2) is 10.3. The van der Waals surface area contributed by atoms with E-state index in [9.17, 15) is 13.6 Å². The highest BCUT2D eigenvalue weighted by Crippen LogP contribution is 2.11. The lowest BCUT2D eigenvalue weighted by Gasteiger charge is -2.11. The molecule has 0 aromatic heterocycles. The molecule has 18 heavy (non-hydrogen) atoms. The van der Waals surface area contributed by atoms with Gasteiger partial charge in [-0.25, -0.2) is 13.6 Å². The first-order chi connectivity index (χ1) is 8.60. The third-order valence-corrected chi connectivity index (χ3v) is 1.89. The first-order valence-electron chi connectivity index (χ1n) is 5.49. The van der Waals surface area contributed by atoms with Gasteiger partial charge >= 0.3 is 6.16 Å². The summed E-state index contributed by atoms with van der Waals surface area (Å²) in [7, 11) is 0. The minimum atomic E-state index is -1.91. The summed E-state index contributed by atoms with van der Waals surface area (Å²) >= 11 is 0. The van der Waals surface area contributed by atoms with E-state index in [1.54, 1.807) is 0 Å². The summed E-state index contributed by atoms with van der Waals surface area (Å²) in [6.07, 6.45) is -4.71. The van der Waals surface area contributed by atoms with Crippen molar-refractivity contribution in [2.45, 2.75) is 51.2 Å². The zero-order chi connectivity index (χ0) is 13.8. The smallest absolute Gasteiger partial charge is 0.400 e. The molecule has 0 heterocycles. The predicted molar refractivity (Wildman–Crippen MR) is 56.3 cm³/mol. The number of hydrogen-bond donors (Lipinski definition) is 0. The quantitative estimate of drug-likeness (QED) is 0.494. The molecule has 0 fully saturated rings. The van der Waals surface area contributed by atoms with Gasteiger partial charge in [0.15, 0.2) is 0 Å². The van der Waals surface area contributed by atoms with E-state index >= 15 is 0 Å². The zero-order valence-electron chi connectivity index (χ0n) is 9.77. The summed E-state index contributed by atoms with van der Waals surface area (Å²) in [4.78, 5) is 10.9. The van der Waals surface area contributed by atoms with Crippen LogP contribution in [-0.4, -0.2) is 18.9 Å². The topological polar surface area (TPSA) is 83.1 Å². The van der Waals surface area contributed by atoms with Crippen molar-refractivity contribution < 1.29 is 23.0 Å². The van der Waals surface area contributed by atoms with Crippen molar-refractivity contribution in [3.63, 3.8) is 0 Å². The molecule has 0 radical (unpaired) electrons. The monoisotopic (exact) mass is 260 g/mol. The van der Waals surface area contributed by atoms with Crippen molar-refractivity contribution >= 4 is 6.16 Å². The summed E-state index contributed by atoms with van der Waals surface area (Å²) in [5.41, 5.74) is 0. The number of ether oxygens (including phenoxy) is 2. The van der Waals surface area contributed by atoms with E-state index in [0.29, 0.717) is 0 Å². The Morgan fingerprint density at radius 2 is 1.39 bits per heavy atom. The molecule has 0 rings (SSSR count). The van der Waals surface area contributed by atoms with E-state index in [1.165, 1.54) is 0 Å². The van der Waals surface area contributed by atoms with Crippen LogP contribution in [0.25, 0.3) is 0 Å². The molecule has 0 saturated heterocycles. The summed E-state index contributed by atoms with van der Waals surface area (Å²) in [5.74, 6) is 0. The minimum absolute atomic E-state index is 0.131. The number of nitrogens with zero attached hydrogens (tertiary/aromatic N) is 2. The van der Waals surface area contributed by atoms with Gasteiger partial charge in [-0.2, -0.15) is 10.5 Å². The second-order valence-corrected chi connectivity index (χ2v) is 3.41. The molecule has 2 atom stereocenters. The van der Waals surface area contributed by atoms with Crippen LogP contribution in [0.3, 0.4) is 0 Å². The summed E-state index contributed by atoms with van der Waals surface area (Å²) in [6.45, 7) is 0. The van der Waals surface area contributed by atoms with Crippen molar-refractivity contribution in [3.8, 4) is 12.1 Å². The van der Waals surface area contributed by atoms with Crippen LogP contribution in [0, 0.1) is 22.7 Å². The SMILES string of the molecule is N#CCCCC(F)OC(=O)OC(F)CCCC#N. The average molecular weight is 260 g/mol. The van der Waals surface area contributed by atoms with Crippen molar-refractivity contribution in [1.82, 2.24) is 0 Å². The van der Waals surface area contributed by atoms with Gasteiger partial charge in [0.05, 0.1) is 12.1 Å². The van der Waals surface area contributed by atoms with Crippen LogP contribution in [-0.2, 0) is 9.47 Å². The number of alkyl halides is 2. The second-order valence-electron chi connectivity index (χ2n) is 3.41. The Morgan fingerprint density at radius 3 is 1.72 bits per heavy atom. The molecule has 0 N–H and O–H groups in total. The molecule has 0 amide bonds. The molecule has 0 aliphatic rings.